The molecule has 1 saturated heterocycles. The number of H-pyrrole nitrogens is 2. The molecule has 0 radical (unpaired) electrons. The molecule has 2 aromatic heterocycles. The highest BCUT2D eigenvalue weighted by molar-refractivity contribution is 7.99. The van der Waals surface area contributed by atoms with Crippen molar-refractivity contribution >= 4 is 22.8 Å². The third-order valence-electron chi connectivity index (χ3n) is 3.87. The fourth-order valence-electron chi connectivity index (χ4n) is 2.84. The van der Waals surface area contributed by atoms with Gasteiger partial charge in [0, 0.05) is 24.8 Å². The smallest absolute Gasteiger partial charge is 0.275 e. The van der Waals surface area contributed by atoms with Gasteiger partial charge in [0.25, 0.3) is 5.56 Å². The Morgan fingerprint density at radius 3 is 3.25 bits per heavy atom. The molecule has 2 aromatic rings. The standard InChI is InChI=1S/C14H20N4OS/c1-2-20-8-10-3-4-18(6-10)7-11-5-15-13-12(11)16-9-17-14(13)19/h5,9-10,15H,2-4,6-8H2,1H3,(H,16,17,19)/t10-/m1/s1. The molecule has 2 N–H and O–H groups in total. The summed E-state index contributed by atoms with van der Waals surface area (Å²) in [6, 6.07) is 0. The first-order chi connectivity index (χ1) is 9.78. The van der Waals surface area contributed by atoms with Crippen molar-refractivity contribution < 1.29 is 0 Å². The van der Waals surface area contributed by atoms with E-state index in [0.717, 1.165) is 36.6 Å². The second-order valence-corrected chi connectivity index (χ2v) is 6.64. The van der Waals surface area contributed by atoms with Crippen LogP contribution in [-0.4, -0.2) is 44.4 Å². The molecule has 0 saturated carbocycles. The first kappa shape index (κ1) is 13.7. The van der Waals surface area contributed by atoms with Crippen LogP contribution >= 0.6 is 11.8 Å². The van der Waals surface area contributed by atoms with Crippen LogP contribution in [0.3, 0.4) is 0 Å². The Kier molecular flexibility index (Phi) is 4.12. The summed E-state index contributed by atoms with van der Waals surface area (Å²) in [7, 11) is 0. The van der Waals surface area contributed by atoms with E-state index in [2.05, 4.69) is 26.8 Å². The third-order valence-corrected chi connectivity index (χ3v) is 4.99. The zero-order valence-electron chi connectivity index (χ0n) is 11.7. The van der Waals surface area contributed by atoms with Crippen LogP contribution in [0.5, 0.6) is 0 Å². The molecule has 0 aromatic carbocycles. The van der Waals surface area contributed by atoms with Gasteiger partial charge in [-0.2, -0.15) is 11.8 Å². The molecule has 0 spiro atoms. The normalized spacial score (nSPS) is 19.9. The van der Waals surface area contributed by atoms with E-state index in [1.807, 2.05) is 18.0 Å². The van der Waals surface area contributed by atoms with Gasteiger partial charge in [-0.3, -0.25) is 9.69 Å². The molecule has 3 rings (SSSR count). The number of likely N-dealkylation sites (tertiary alicyclic amines) is 1. The summed E-state index contributed by atoms with van der Waals surface area (Å²) in [5.74, 6) is 3.27. The van der Waals surface area contributed by atoms with E-state index in [1.165, 1.54) is 24.3 Å². The summed E-state index contributed by atoms with van der Waals surface area (Å²) in [5, 5.41) is 0. The lowest BCUT2D eigenvalue weighted by atomic mass is 10.2. The lowest BCUT2D eigenvalue weighted by molar-refractivity contribution is 0.322. The molecule has 1 aliphatic heterocycles. The Morgan fingerprint density at radius 2 is 2.40 bits per heavy atom. The largest absolute Gasteiger partial charge is 0.355 e. The topological polar surface area (TPSA) is 64.8 Å². The number of rotatable bonds is 5. The van der Waals surface area contributed by atoms with Crippen LogP contribution in [0, 0.1) is 5.92 Å². The molecule has 0 bridgehead atoms. The predicted octanol–water partition coefficient (Wildman–Crippen LogP) is 1.83. The first-order valence-electron chi connectivity index (χ1n) is 7.11. The van der Waals surface area contributed by atoms with Gasteiger partial charge in [0.05, 0.1) is 11.8 Å². The second-order valence-electron chi connectivity index (χ2n) is 5.32. The molecule has 1 atom stereocenters. The fraction of sp³-hybridized carbons (Fsp3) is 0.571. The summed E-state index contributed by atoms with van der Waals surface area (Å²) in [5.41, 5.74) is 2.41. The van der Waals surface area contributed by atoms with Crippen molar-refractivity contribution in [1.29, 1.82) is 0 Å². The Labute approximate surface area is 122 Å². The van der Waals surface area contributed by atoms with Crippen molar-refractivity contribution in [1.82, 2.24) is 19.9 Å². The Balaban J connectivity index is 1.69. The van der Waals surface area contributed by atoms with Crippen LogP contribution in [0.25, 0.3) is 11.0 Å². The van der Waals surface area contributed by atoms with Gasteiger partial charge in [0.2, 0.25) is 0 Å². The molecule has 1 aliphatic rings. The first-order valence-corrected chi connectivity index (χ1v) is 8.27. The number of hydrogen-bond donors (Lipinski definition) is 2. The second kappa shape index (κ2) is 6.01. The zero-order chi connectivity index (χ0) is 13.9. The Morgan fingerprint density at radius 1 is 1.50 bits per heavy atom. The van der Waals surface area contributed by atoms with E-state index in [4.69, 9.17) is 0 Å². The maximum atomic E-state index is 11.7. The van der Waals surface area contributed by atoms with Crippen molar-refractivity contribution in [3.8, 4) is 0 Å². The van der Waals surface area contributed by atoms with Gasteiger partial charge in [-0.1, -0.05) is 6.92 Å². The molecule has 0 aliphatic carbocycles. The average Bonchev–Trinajstić information content (AvgIpc) is 3.06. The van der Waals surface area contributed by atoms with Crippen molar-refractivity contribution in [3.05, 3.63) is 28.4 Å². The highest BCUT2D eigenvalue weighted by atomic mass is 32.2. The van der Waals surface area contributed by atoms with E-state index in [-0.39, 0.29) is 5.56 Å². The van der Waals surface area contributed by atoms with Crippen LogP contribution in [0.4, 0.5) is 0 Å². The summed E-state index contributed by atoms with van der Waals surface area (Å²) >= 11 is 2.03. The average molecular weight is 292 g/mol. The summed E-state index contributed by atoms with van der Waals surface area (Å²) in [6.45, 7) is 5.39. The van der Waals surface area contributed by atoms with Gasteiger partial charge in [-0.25, -0.2) is 4.98 Å². The SMILES string of the molecule is CCSC[C@@H]1CCN(Cc2c[nH]c3c(=O)[nH]cnc23)C1. The van der Waals surface area contributed by atoms with E-state index in [0.29, 0.717) is 5.52 Å². The van der Waals surface area contributed by atoms with Gasteiger partial charge >= 0.3 is 0 Å². The van der Waals surface area contributed by atoms with Crippen molar-refractivity contribution in [2.24, 2.45) is 5.92 Å². The highest BCUT2D eigenvalue weighted by Crippen LogP contribution is 2.23. The van der Waals surface area contributed by atoms with E-state index >= 15 is 0 Å². The molecular formula is C14H20N4OS. The predicted molar refractivity (Wildman–Crippen MR) is 83.1 cm³/mol. The molecule has 1 fully saturated rings. The number of aromatic nitrogens is 3. The Bertz CT molecular complexity index is 635. The quantitative estimate of drug-likeness (QED) is 0.882. The number of fused-ring (bicyclic) bond motifs is 1. The minimum absolute atomic E-state index is 0.0973. The van der Waals surface area contributed by atoms with Gasteiger partial charge < -0.3 is 9.97 Å². The lowest BCUT2D eigenvalue weighted by Crippen LogP contribution is -2.20. The van der Waals surface area contributed by atoms with Crippen LogP contribution in [-0.2, 0) is 6.54 Å². The van der Waals surface area contributed by atoms with E-state index < -0.39 is 0 Å². The fourth-order valence-corrected chi connectivity index (χ4v) is 3.68. The number of hydrogen-bond acceptors (Lipinski definition) is 4. The van der Waals surface area contributed by atoms with Crippen molar-refractivity contribution in [2.45, 2.75) is 19.9 Å². The summed E-state index contributed by atoms with van der Waals surface area (Å²) in [4.78, 5) is 24.1. The summed E-state index contributed by atoms with van der Waals surface area (Å²) in [6.07, 6.45) is 4.68. The minimum Gasteiger partial charge on any atom is -0.355 e. The minimum atomic E-state index is -0.0973. The maximum Gasteiger partial charge on any atom is 0.275 e. The molecule has 3 heterocycles. The third kappa shape index (κ3) is 2.76. The van der Waals surface area contributed by atoms with Gasteiger partial charge in [0.15, 0.2) is 0 Å². The molecule has 6 heteroatoms. The van der Waals surface area contributed by atoms with E-state index in [1.54, 1.807) is 0 Å². The highest BCUT2D eigenvalue weighted by Gasteiger charge is 2.23. The number of nitrogens with zero attached hydrogens (tertiary/aromatic N) is 2. The van der Waals surface area contributed by atoms with Crippen molar-refractivity contribution in [3.63, 3.8) is 0 Å². The van der Waals surface area contributed by atoms with Crippen LogP contribution < -0.4 is 5.56 Å². The number of aromatic amines is 2. The summed E-state index contributed by atoms with van der Waals surface area (Å²) < 4.78 is 0. The molecule has 0 amide bonds. The van der Waals surface area contributed by atoms with Gasteiger partial charge in [-0.15, -0.1) is 0 Å². The van der Waals surface area contributed by atoms with Gasteiger partial charge in [0.1, 0.15) is 5.52 Å². The van der Waals surface area contributed by atoms with E-state index in [9.17, 15) is 4.79 Å². The van der Waals surface area contributed by atoms with Crippen LogP contribution in [0.15, 0.2) is 17.3 Å². The van der Waals surface area contributed by atoms with Gasteiger partial charge in [-0.05, 0) is 30.4 Å². The lowest BCUT2D eigenvalue weighted by Gasteiger charge is -2.15. The molecule has 5 nitrogen and oxygen atoms in total. The number of thioether (sulfide) groups is 1. The van der Waals surface area contributed by atoms with Crippen LogP contribution in [0.2, 0.25) is 0 Å². The van der Waals surface area contributed by atoms with Crippen molar-refractivity contribution in [2.75, 3.05) is 24.6 Å². The molecule has 20 heavy (non-hydrogen) atoms. The maximum absolute atomic E-state index is 11.7. The molecular weight excluding hydrogens is 272 g/mol. The Hall–Kier alpha value is -1.27. The zero-order valence-corrected chi connectivity index (χ0v) is 12.5. The molecule has 108 valence electrons. The monoisotopic (exact) mass is 292 g/mol. The number of nitrogens with one attached hydrogen (secondary N) is 2. The molecule has 0 unspecified atom stereocenters. The van der Waals surface area contributed by atoms with Crippen LogP contribution in [0.1, 0.15) is 18.9 Å².